The lowest BCUT2D eigenvalue weighted by molar-refractivity contribution is 0.218. The van der Waals surface area contributed by atoms with Crippen LogP contribution in [0.1, 0.15) is 4.88 Å². The zero-order valence-corrected chi connectivity index (χ0v) is 9.51. The van der Waals surface area contributed by atoms with Crippen LogP contribution < -0.4 is 0 Å². The molecule has 1 aromatic rings. The van der Waals surface area contributed by atoms with Gasteiger partial charge in [0.2, 0.25) is 0 Å². The number of thiazole rings is 1. The van der Waals surface area contributed by atoms with Crippen molar-refractivity contribution in [2.75, 3.05) is 19.5 Å². The molecule has 0 unspecified atom stereocenters. The van der Waals surface area contributed by atoms with Gasteiger partial charge in [0, 0.05) is 12.9 Å². The molecule has 0 spiro atoms. The summed E-state index contributed by atoms with van der Waals surface area (Å²) in [6.07, 6.45) is 0. The zero-order valence-electron chi connectivity index (χ0n) is 7.12. The Hall–Kier alpha value is 0.190. The second kappa shape index (κ2) is 5.82. The van der Waals surface area contributed by atoms with Crippen LogP contribution in [0.25, 0.3) is 0 Å². The molecule has 1 N–H and O–H groups in total. The Kier molecular flexibility index (Phi) is 5.05. The molecule has 0 amide bonds. The summed E-state index contributed by atoms with van der Waals surface area (Å²) in [6, 6.07) is 0. The molecule has 0 aliphatic carbocycles. The molecule has 1 rings (SSSR count). The Morgan fingerprint density at radius 2 is 2.46 bits per heavy atom. The number of halogens is 1. The van der Waals surface area contributed by atoms with E-state index in [0.717, 1.165) is 15.0 Å². The lowest BCUT2D eigenvalue weighted by Gasteiger charge is -1.94. The first-order chi connectivity index (χ1) is 6.27. The van der Waals surface area contributed by atoms with Crippen molar-refractivity contribution in [2.24, 2.45) is 0 Å². The molecule has 0 radical (unpaired) electrons. The molecule has 1 aromatic heterocycles. The normalized spacial score (nSPS) is 10.7. The van der Waals surface area contributed by atoms with Gasteiger partial charge in [0.25, 0.3) is 0 Å². The molecule has 0 aromatic carbocycles. The van der Waals surface area contributed by atoms with Crippen LogP contribution in [-0.2, 0) is 11.3 Å². The largest absolute Gasteiger partial charge is 0.391 e. The number of thioether (sulfide) groups is 1. The third kappa shape index (κ3) is 3.44. The van der Waals surface area contributed by atoms with E-state index in [1.165, 1.54) is 11.3 Å². The second-order valence-electron chi connectivity index (χ2n) is 2.19. The van der Waals surface area contributed by atoms with E-state index in [4.69, 9.17) is 21.4 Å². The summed E-state index contributed by atoms with van der Waals surface area (Å²) >= 11 is 8.76. The van der Waals surface area contributed by atoms with Gasteiger partial charge in [-0.1, -0.05) is 23.4 Å². The number of aliphatic hydroxyl groups is 1. The minimum atomic E-state index is -0.0403. The minimum Gasteiger partial charge on any atom is -0.391 e. The fourth-order valence-corrected chi connectivity index (χ4v) is 2.95. The van der Waals surface area contributed by atoms with Crippen molar-refractivity contribution >= 4 is 34.7 Å². The van der Waals surface area contributed by atoms with E-state index in [9.17, 15) is 0 Å². The van der Waals surface area contributed by atoms with E-state index in [1.807, 2.05) is 0 Å². The van der Waals surface area contributed by atoms with E-state index in [1.54, 1.807) is 18.9 Å². The van der Waals surface area contributed by atoms with Crippen molar-refractivity contribution in [3.05, 3.63) is 10.0 Å². The van der Waals surface area contributed by atoms with Crippen LogP contribution in [-0.4, -0.2) is 29.6 Å². The summed E-state index contributed by atoms with van der Waals surface area (Å²) in [4.78, 5) is 4.81. The molecule has 1 heterocycles. The highest BCUT2D eigenvalue weighted by Crippen LogP contribution is 2.29. The van der Waals surface area contributed by atoms with E-state index in [-0.39, 0.29) is 6.61 Å². The number of ether oxygens (including phenoxy) is 1. The van der Waals surface area contributed by atoms with Crippen molar-refractivity contribution in [3.8, 4) is 0 Å². The van der Waals surface area contributed by atoms with Gasteiger partial charge >= 0.3 is 0 Å². The average Bonchev–Trinajstić information content (AvgIpc) is 2.47. The molecule has 74 valence electrons. The molecule has 6 heteroatoms. The highest BCUT2D eigenvalue weighted by Gasteiger charge is 2.07. The molecule has 13 heavy (non-hydrogen) atoms. The summed E-state index contributed by atoms with van der Waals surface area (Å²) < 4.78 is 5.78. The van der Waals surface area contributed by atoms with Crippen LogP contribution >= 0.6 is 34.7 Å². The summed E-state index contributed by atoms with van der Waals surface area (Å²) in [5.74, 6) is 0.852. The van der Waals surface area contributed by atoms with Crippen molar-refractivity contribution < 1.29 is 9.84 Å². The molecule has 0 atom stereocenters. The van der Waals surface area contributed by atoms with Gasteiger partial charge in [-0.3, -0.25) is 0 Å². The Labute approximate surface area is 90.1 Å². The van der Waals surface area contributed by atoms with Gasteiger partial charge in [0.1, 0.15) is 5.15 Å². The Balaban J connectivity index is 2.48. The first-order valence-corrected chi connectivity index (χ1v) is 5.83. The van der Waals surface area contributed by atoms with Crippen molar-refractivity contribution in [1.29, 1.82) is 0 Å². The second-order valence-corrected chi connectivity index (χ2v) is 4.98. The summed E-state index contributed by atoms with van der Waals surface area (Å²) in [5, 5.41) is 9.27. The Morgan fingerprint density at radius 1 is 1.69 bits per heavy atom. The van der Waals surface area contributed by atoms with E-state index < -0.39 is 0 Å². The van der Waals surface area contributed by atoms with Crippen LogP contribution in [0.3, 0.4) is 0 Å². The molecular weight excluding hydrogens is 230 g/mol. The van der Waals surface area contributed by atoms with Crippen molar-refractivity contribution in [2.45, 2.75) is 10.9 Å². The van der Waals surface area contributed by atoms with Gasteiger partial charge in [0.05, 0.1) is 18.1 Å². The highest BCUT2D eigenvalue weighted by molar-refractivity contribution is 8.01. The maximum absolute atomic E-state index is 8.86. The monoisotopic (exact) mass is 239 g/mol. The maximum Gasteiger partial charge on any atom is 0.152 e. The van der Waals surface area contributed by atoms with Crippen LogP contribution in [0.5, 0.6) is 0 Å². The minimum absolute atomic E-state index is 0.0403. The molecular formula is C7H10ClNO2S2. The number of hydrogen-bond donors (Lipinski definition) is 1. The quantitative estimate of drug-likeness (QED) is 0.631. The van der Waals surface area contributed by atoms with Crippen LogP contribution in [0.2, 0.25) is 5.15 Å². The molecule has 0 aliphatic rings. The Bertz CT molecular complexity index is 267. The third-order valence-corrected chi connectivity index (χ3v) is 3.86. The van der Waals surface area contributed by atoms with Gasteiger partial charge in [-0.2, -0.15) is 0 Å². The van der Waals surface area contributed by atoms with Gasteiger partial charge in [-0.15, -0.1) is 11.3 Å². The maximum atomic E-state index is 8.86. The van der Waals surface area contributed by atoms with Crippen molar-refractivity contribution in [3.63, 3.8) is 0 Å². The summed E-state index contributed by atoms with van der Waals surface area (Å²) in [6.45, 7) is 0.650. The van der Waals surface area contributed by atoms with Gasteiger partial charge in [-0.05, 0) is 0 Å². The number of aromatic nitrogens is 1. The number of aliphatic hydroxyl groups excluding tert-OH is 1. The number of rotatable bonds is 5. The SMILES string of the molecule is COCCSc1nc(Cl)c(CO)s1. The highest BCUT2D eigenvalue weighted by atomic mass is 35.5. The van der Waals surface area contributed by atoms with E-state index in [2.05, 4.69) is 4.98 Å². The predicted molar refractivity (Wildman–Crippen MR) is 55.6 cm³/mol. The molecule has 3 nitrogen and oxygen atoms in total. The average molecular weight is 240 g/mol. The predicted octanol–water partition coefficient (Wildman–Crippen LogP) is 2.03. The fraction of sp³-hybridized carbons (Fsp3) is 0.571. The standard InChI is InChI=1S/C7H10ClNO2S2/c1-11-2-3-12-7-9-6(8)5(4-10)13-7/h10H,2-4H2,1H3. The van der Waals surface area contributed by atoms with Gasteiger partial charge in [0.15, 0.2) is 4.34 Å². The first-order valence-electron chi connectivity index (χ1n) is 3.65. The number of nitrogens with zero attached hydrogens (tertiary/aromatic N) is 1. The van der Waals surface area contributed by atoms with Gasteiger partial charge < -0.3 is 9.84 Å². The molecule has 0 fully saturated rings. The van der Waals surface area contributed by atoms with Crippen LogP contribution in [0.4, 0.5) is 0 Å². The van der Waals surface area contributed by atoms with Crippen molar-refractivity contribution in [1.82, 2.24) is 4.98 Å². The number of hydrogen-bond acceptors (Lipinski definition) is 5. The van der Waals surface area contributed by atoms with Crippen LogP contribution in [0, 0.1) is 0 Å². The fourth-order valence-electron chi connectivity index (χ4n) is 0.684. The molecule has 0 saturated carbocycles. The summed E-state index contributed by atoms with van der Waals surface area (Å²) in [7, 11) is 1.66. The van der Waals surface area contributed by atoms with E-state index >= 15 is 0 Å². The smallest absolute Gasteiger partial charge is 0.152 e. The third-order valence-electron chi connectivity index (χ3n) is 1.29. The summed E-state index contributed by atoms with van der Waals surface area (Å²) in [5.41, 5.74) is 0. The first kappa shape index (κ1) is 11.3. The molecule has 0 aliphatic heterocycles. The zero-order chi connectivity index (χ0) is 9.68. The Morgan fingerprint density at radius 3 is 3.00 bits per heavy atom. The van der Waals surface area contributed by atoms with E-state index in [0.29, 0.717) is 11.8 Å². The topological polar surface area (TPSA) is 42.4 Å². The van der Waals surface area contributed by atoms with Crippen LogP contribution in [0.15, 0.2) is 4.34 Å². The van der Waals surface area contributed by atoms with Gasteiger partial charge in [-0.25, -0.2) is 4.98 Å². The molecule has 0 saturated heterocycles. The molecule has 0 bridgehead atoms. The lowest BCUT2D eigenvalue weighted by atomic mass is 10.6. The number of methoxy groups -OCH3 is 1. The lowest BCUT2D eigenvalue weighted by Crippen LogP contribution is -1.90.